The fraction of sp³-hybridized carbons (Fsp3) is 0.857. The maximum absolute atomic E-state index is 13.5. The van der Waals surface area contributed by atoms with Crippen LogP contribution in [0, 0.1) is 11.8 Å². The quantitative estimate of drug-likeness (QED) is 0.430. The van der Waals surface area contributed by atoms with Crippen LogP contribution in [0.3, 0.4) is 0 Å². The van der Waals surface area contributed by atoms with E-state index in [2.05, 4.69) is 21.2 Å². The van der Waals surface area contributed by atoms with E-state index in [9.17, 15) is 19.5 Å². The minimum Gasteiger partial charge on any atom is -0.466 e. The van der Waals surface area contributed by atoms with E-state index in [1.807, 2.05) is 0 Å². The number of nitrogens with zero attached hydrogens (tertiary/aromatic N) is 1. The van der Waals surface area contributed by atoms with Crippen molar-refractivity contribution in [1.29, 1.82) is 0 Å². The fourth-order valence-corrected chi connectivity index (χ4v) is 6.91. The number of carbonyl (C=O) groups excluding carboxylic acids is 3. The van der Waals surface area contributed by atoms with Crippen molar-refractivity contribution in [2.45, 2.75) is 87.0 Å². The molecule has 1 saturated carbocycles. The van der Waals surface area contributed by atoms with Gasteiger partial charge in [0, 0.05) is 10.9 Å². The molecule has 3 heterocycles. The van der Waals surface area contributed by atoms with Crippen LogP contribution in [0.4, 0.5) is 0 Å². The molecule has 9 heteroatoms. The maximum Gasteiger partial charge on any atom is 0.312 e. The zero-order chi connectivity index (χ0) is 21.6. The molecule has 2 bridgehead atoms. The lowest BCUT2D eigenvalue weighted by Crippen LogP contribution is -2.59. The van der Waals surface area contributed by atoms with Gasteiger partial charge in [-0.05, 0) is 33.1 Å². The molecule has 168 valence electrons. The molecular weight excluding hydrogens is 456 g/mol. The van der Waals surface area contributed by atoms with Crippen LogP contribution in [0.25, 0.3) is 0 Å². The topological polar surface area (TPSA) is 105 Å². The summed E-state index contributed by atoms with van der Waals surface area (Å²) in [4.78, 5) is 41.1. The normalized spacial score (nSPS) is 39.1. The van der Waals surface area contributed by atoms with Crippen LogP contribution in [0.2, 0.25) is 0 Å². The molecule has 3 saturated heterocycles. The summed E-state index contributed by atoms with van der Waals surface area (Å²) >= 11 is 3.61. The second-order valence-electron chi connectivity index (χ2n) is 9.04. The number of halogens is 1. The zero-order valence-electron chi connectivity index (χ0n) is 17.5. The highest BCUT2D eigenvalue weighted by molar-refractivity contribution is 9.09. The second kappa shape index (κ2) is 8.39. The lowest BCUT2D eigenvalue weighted by molar-refractivity contribution is -0.155. The minimum absolute atomic E-state index is 0.0855. The average molecular weight is 487 g/mol. The Bertz CT molecular complexity index is 714. The van der Waals surface area contributed by atoms with Crippen molar-refractivity contribution < 1.29 is 29.0 Å². The van der Waals surface area contributed by atoms with Gasteiger partial charge in [-0.3, -0.25) is 14.4 Å². The molecule has 3 aliphatic heterocycles. The first-order valence-electron chi connectivity index (χ1n) is 11.1. The molecule has 7 atom stereocenters. The third kappa shape index (κ3) is 3.28. The molecule has 0 aromatic carbocycles. The largest absolute Gasteiger partial charge is 0.466 e. The summed E-state index contributed by atoms with van der Waals surface area (Å²) in [5.41, 5.74) is -1.09. The van der Waals surface area contributed by atoms with Gasteiger partial charge in [0.1, 0.15) is 11.6 Å². The first-order chi connectivity index (χ1) is 14.4. The van der Waals surface area contributed by atoms with Gasteiger partial charge in [-0.2, -0.15) is 0 Å². The predicted octanol–water partition coefficient (Wildman–Crippen LogP) is 1.13. The van der Waals surface area contributed by atoms with Gasteiger partial charge in [-0.1, -0.05) is 35.2 Å². The van der Waals surface area contributed by atoms with Gasteiger partial charge in [0.15, 0.2) is 0 Å². The number of nitrogens with one attached hydrogen (secondary N) is 1. The van der Waals surface area contributed by atoms with Gasteiger partial charge in [-0.25, -0.2) is 0 Å². The molecule has 4 fully saturated rings. The van der Waals surface area contributed by atoms with Gasteiger partial charge in [-0.15, -0.1) is 0 Å². The number of likely N-dealkylation sites (tertiary alicyclic amines) is 1. The Kier molecular flexibility index (Phi) is 6.16. The molecule has 3 unspecified atom stereocenters. The lowest BCUT2D eigenvalue weighted by Gasteiger charge is -2.37. The molecule has 1 spiro atoms. The Morgan fingerprint density at radius 1 is 1.37 bits per heavy atom. The van der Waals surface area contributed by atoms with Crippen LogP contribution < -0.4 is 5.32 Å². The summed E-state index contributed by atoms with van der Waals surface area (Å²) in [6, 6.07) is -1.34. The van der Waals surface area contributed by atoms with Crippen LogP contribution in [-0.2, 0) is 23.9 Å². The summed E-state index contributed by atoms with van der Waals surface area (Å²) in [7, 11) is 0. The van der Waals surface area contributed by atoms with Crippen LogP contribution in [0.15, 0.2) is 0 Å². The third-order valence-electron chi connectivity index (χ3n) is 7.22. The van der Waals surface area contributed by atoms with E-state index < -0.39 is 41.6 Å². The molecule has 4 rings (SSSR count). The van der Waals surface area contributed by atoms with Gasteiger partial charge in [0.25, 0.3) is 0 Å². The van der Waals surface area contributed by atoms with E-state index in [4.69, 9.17) is 9.47 Å². The van der Waals surface area contributed by atoms with E-state index in [0.717, 1.165) is 25.7 Å². The summed E-state index contributed by atoms with van der Waals surface area (Å²) in [6.07, 6.45) is 5.13. The van der Waals surface area contributed by atoms with Crippen molar-refractivity contribution in [3.05, 3.63) is 0 Å². The molecule has 0 aromatic heterocycles. The second-order valence-corrected chi connectivity index (χ2v) is 10.2. The van der Waals surface area contributed by atoms with Crippen LogP contribution in [-0.4, -0.2) is 75.7 Å². The monoisotopic (exact) mass is 486 g/mol. The summed E-state index contributed by atoms with van der Waals surface area (Å²) in [5, 5.41) is 12.9. The number of esters is 1. The SMILES string of the molecule is CCOC(=O)[C@H]1[C@@H]2OC3(CC2Br)C(C(=O)NC2CCCCC2)N([C@H](C)CO)C(=O)[C@H]13. The van der Waals surface area contributed by atoms with Crippen molar-refractivity contribution in [2.75, 3.05) is 13.2 Å². The fourth-order valence-electron chi connectivity index (χ4n) is 5.96. The summed E-state index contributed by atoms with van der Waals surface area (Å²) in [6.45, 7) is 3.39. The minimum atomic E-state index is -1.09. The first-order valence-corrected chi connectivity index (χ1v) is 12.0. The molecule has 2 amide bonds. The molecule has 0 radical (unpaired) electrons. The van der Waals surface area contributed by atoms with Crippen LogP contribution in [0.1, 0.15) is 52.4 Å². The van der Waals surface area contributed by atoms with Crippen molar-refractivity contribution >= 4 is 33.7 Å². The Morgan fingerprint density at radius 2 is 2.07 bits per heavy atom. The number of carbonyl (C=O) groups is 3. The van der Waals surface area contributed by atoms with Crippen molar-refractivity contribution in [2.24, 2.45) is 11.8 Å². The number of fused-ring (bicyclic) bond motifs is 1. The highest BCUT2D eigenvalue weighted by atomic mass is 79.9. The van der Waals surface area contributed by atoms with E-state index in [0.29, 0.717) is 6.42 Å². The molecule has 2 N–H and O–H groups in total. The predicted molar refractivity (Wildman–Crippen MR) is 111 cm³/mol. The van der Waals surface area contributed by atoms with Crippen LogP contribution in [0.5, 0.6) is 0 Å². The van der Waals surface area contributed by atoms with Gasteiger partial charge in [0.2, 0.25) is 11.8 Å². The Hall–Kier alpha value is -1.19. The number of alkyl halides is 1. The standard InChI is InChI=1S/C21H31BrN2O6/c1-3-29-20(28)14-15-19(27)24(11(2)10-25)17(21(15)9-13(22)16(14)30-21)18(26)23-12-7-5-4-6-8-12/h11-17,25H,3-10H2,1-2H3,(H,23,26)/t11-,13?,14-,15+,16-,17?,21?/m1/s1. The number of aliphatic hydroxyl groups is 1. The van der Waals surface area contributed by atoms with Crippen LogP contribution >= 0.6 is 15.9 Å². The number of rotatable bonds is 6. The highest BCUT2D eigenvalue weighted by Gasteiger charge is 2.77. The molecular formula is C21H31BrN2O6. The number of ether oxygens (including phenoxy) is 2. The lowest BCUT2D eigenvalue weighted by atomic mass is 9.70. The molecule has 8 nitrogen and oxygen atoms in total. The Labute approximate surface area is 185 Å². The van der Waals surface area contributed by atoms with E-state index in [-0.39, 0.29) is 35.9 Å². The third-order valence-corrected chi connectivity index (χ3v) is 8.07. The summed E-state index contributed by atoms with van der Waals surface area (Å²) < 4.78 is 11.6. The Morgan fingerprint density at radius 3 is 2.70 bits per heavy atom. The van der Waals surface area contributed by atoms with Gasteiger partial charge in [0.05, 0.1) is 37.2 Å². The molecule has 30 heavy (non-hydrogen) atoms. The highest BCUT2D eigenvalue weighted by Crippen LogP contribution is 2.60. The smallest absolute Gasteiger partial charge is 0.312 e. The van der Waals surface area contributed by atoms with Crippen molar-refractivity contribution in [1.82, 2.24) is 10.2 Å². The number of hydrogen-bond acceptors (Lipinski definition) is 6. The van der Waals surface area contributed by atoms with E-state index in [1.165, 1.54) is 11.3 Å². The molecule has 1 aliphatic carbocycles. The zero-order valence-corrected chi connectivity index (χ0v) is 19.1. The van der Waals surface area contributed by atoms with E-state index >= 15 is 0 Å². The van der Waals surface area contributed by atoms with Crippen molar-refractivity contribution in [3.8, 4) is 0 Å². The molecule has 0 aromatic rings. The number of hydrogen-bond donors (Lipinski definition) is 2. The van der Waals surface area contributed by atoms with E-state index in [1.54, 1.807) is 13.8 Å². The first kappa shape index (κ1) is 22.0. The maximum atomic E-state index is 13.5. The number of aliphatic hydroxyl groups excluding tert-OH is 1. The molecule has 4 aliphatic rings. The number of amides is 2. The Balaban J connectivity index is 1.69. The average Bonchev–Trinajstić information content (AvgIpc) is 3.31. The van der Waals surface area contributed by atoms with Gasteiger partial charge < -0.3 is 24.8 Å². The van der Waals surface area contributed by atoms with Crippen molar-refractivity contribution in [3.63, 3.8) is 0 Å². The van der Waals surface area contributed by atoms with Gasteiger partial charge >= 0.3 is 5.97 Å². The summed E-state index contributed by atoms with van der Waals surface area (Å²) in [5.74, 6) is -2.54.